The molecule has 7 nitrogen and oxygen atoms in total. The molecule has 2 heterocycles. The maximum Gasteiger partial charge on any atom is 0.416 e. The summed E-state index contributed by atoms with van der Waals surface area (Å²) in [5, 5.41) is 7.68. The molecule has 0 saturated heterocycles. The van der Waals surface area contributed by atoms with Gasteiger partial charge in [0.25, 0.3) is 5.56 Å². The zero-order chi connectivity index (χ0) is 27.8. The van der Waals surface area contributed by atoms with Gasteiger partial charge in [-0.2, -0.15) is 13.2 Å². The number of nitrogens with one attached hydrogen (secondary N) is 3. The van der Waals surface area contributed by atoms with E-state index in [4.69, 9.17) is 0 Å². The molecule has 0 aliphatic rings. The monoisotopic (exact) mass is 531 g/mol. The highest BCUT2D eigenvalue weighted by Gasteiger charge is 2.31. The number of rotatable bonds is 5. The first kappa shape index (κ1) is 26.6. The Morgan fingerprint density at radius 3 is 2.18 bits per heavy atom. The first-order valence-electron chi connectivity index (χ1n) is 11.4. The lowest BCUT2D eigenvalue weighted by Crippen LogP contribution is -2.24. The Morgan fingerprint density at radius 2 is 1.58 bits per heavy atom. The number of amides is 2. The van der Waals surface area contributed by atoms with Crippen molar-refractivity contribution in [1.82, 2.24) is 9.55 Å². The van der Waals surface area contributed by atoms with Crippen LogP contribution in [0.4, 0.5) is 43.9 Å². The normalized spacial score (nSPS) is 11.6. The first-order chi connectivity index (χ1) is 17.9. The summed E-state index contributed by atoms with van der Waals surface area (Å²) in [6, 6.07) is 7.03. The second-order valence-electron chi connectivity index (χ2n) is 8.67. The van der Waals surface area contributed by atoms with Crippen LogP contribution in [0, 0.1) is 11.6 Å². The van der Waals surface area contributed by atoms with E-state index in [-0.39, 0.29) is 28.4 Å². The number of urea groups is 1. The number of anilines is 3. The summed E-state index contributed by atoms with van der Waals surface area (Å²) in [5.41, 5.74) is -1.53. The van der Waals surface area contributed by atoms with Crippen molar-refractivity contribution in [2.45, 2.75) is 26.1 Å². The van der Waals surface area contributed by atoms with E-state index >= 15 is 0 Å². The lowest BCUT2D eigenvalue weighted by Gasteiger charge is -2.17. The van der Waals surface area contributed by atoms with Gasteiger partial charge in [0.1, 0.15) is 17.5 Å². The van der Waals surface area contributed by atoms with Gasteiger partial charge in [0.2, 0.25) is 0 Å². The van der Waals surface area contributed by atoms with Crippen molar-refractivity contribution in [2.24, 2.45) is 0 Å². The molecule has 2 aromatic heterocycles. The van der Waals surface area contributed by atoms with Crippen molar-refractivity contribution in [3.05, 3.63) is 82.3 Å². The summed E-state index contributed by atoms with van der Waals surface area (Å²) in [6.45, 7) is 3.66. The van der Waals surface area contributed by atoms with Crippen LogP contribution in [0.2, 0.25) is 0 Å². The molecule has 38 heavy (non-hydrogen) atoms. The van der Waals surface area contributed by atoms with Crippen LogP contribution in [0.1, 0.15) is 25.5 Å². The molecule has 0 spiro atoms. The van der Waals surface area contributed by atoms with E-state index in [2.05, 4.69) is 15.6 Å². The Morgan fingerprint density at radius 1 is 0.947 bits per heavy atom. The molecule has 2 aromatic carbocycles. The topological polar surface area (TPSA) is 88.1 Å². The van der Waals surface area contributed by atoms with Gasteiger partial charge < -0.3 is 20.5 Å². The number of benzene rings is 2. The summed E-state index contributed by atoms with van der Waals surface area (Å²) in [4.78, 5) is 30.1. The fourth-order valence-corrected chi connectivity index (χ4v) is 3.95. The lowest BCUT2D eigenvalue weighted by molar-refractivity contribution is -0.137. The minimum atomic E-state index is -4.76. The van der Waals surface area contributed by atoms with Gasteiger partial charge in [0, 0.05) is 36.3 Å². The molecule has 0 aliphatic heterocycles. The zero-order valence-corrected chi connectivity index (χ0v) is 20.4. The number of alkyl halides is 3. The third-order valence-electron chi connectivity index (χ3n) is 5.76. The molecule has 3 N–H and O–H groups in total. The summed E-state index contributed by atoms with van der Waals surface area (Å²) < 4.78 is 69.0. The minimum absolute atomic E-state index is 0.206. The highest BCUT2D eigenvalue weighted by atomic mass is 19.4. The van der Waals surface area contributed by atoms with Crippen molar-refractivity contribution in [1.29, 1.82) is 0 Å². The van der Waals surface area contributed by atoms with Gasteiger partial charge in [-0.25, -0.2) is 18.6 Å². The van der Waals surface area contributed by atoms with Crippen LogP contribution in [-0.4, -0.2) is 22.6 Å². The van der Waals surface area contributed by atoms with Gasteiger partial charge in [0.15, 0.2) is 0 Å². The molecule has 0 aliphatic carbocycles. The fraction of sp³-hybridized carbons (Fsp3) is 0.192. The predicted molar refractivity (Wildman–Crippen MR) is 135 cm³/mol. The van der Waals surface area contributed by atoms with E-state index in [1.54, 1.807) is 29.9 Å². The van der Waals surface area contributed by atoms with Crippen molar-refractivity contribution in [3.8, 4) is 11.1 Å². The van der Waals surface area contributed by atoms with Crippen LogP contribution in [0.3, 0.4) is 0 Å². The third kappa shape index (κ3) is 5.29. The van der Waals surface area contributed by atoms with Crippen molar-refractivity contribution >= 4 is 34.1 Å². The van der Waals surface area contributed by atoms with E-state index in [9.17, 15) is 31.5 Å². The van der Waals surface area contributed by atoms with E-state index in [0.717, 1.165) is 6.07 Å². The SMILES string of the molecule is CNc1cc2c(cn1)cc(-c1ccc(F)c(NC(=O)Nc3cc(C(F)(F)F)ccc3F)c1)c(=O)n2C(C)C. The molecule has 0 radical (unpaired) electrons. The maximum atomic E-state index is 14.6. The number of carbonyl (C=O) groups is 1. The number of pyridine rings is 2. The molecular formula is C26H22F5N5O2. The molecular weight excluding hydrogens is 509 g/mol. The Kier molecular flexibility index (Phi) is 7.07. The lowest BCUT2D eigenvalue weighted by atomic mass is 10.0. The fourth-order valence-electron chi connectivity index (χ4n) is 3.95. The largest absolute Gasteiger partial charge is 0.416 e. The van der Waals surface area contributed by atoms with Crippen LogP contribution in [0.25, 0.3) is 22.0 Å². The quantitative estimate of drug-likeness (QED) is 0.253. The second-order valence-corrected chi connectivity index (χ2v) is 8.67. The molecule has 0 atom stereocenters. The minimum Gasteiger partial charge on any atom is -0.373 e. The van der Waals surface area contributed by atoms with Crippen molar-refractivity contribution in [3.63, 3.8) is 0 Å². The van der Waals surface area contributed by atoms with Crippen LogP contribution in [0.5, 0.6) is 0 Å². The van der Waals surface area contributed by atoms with Gasteiger partial charge in [-0.05, 0) is 55.8 Å². The highest BCUT2D eigenvalue weighted by molar-refractivity contribution is 6.00. The molecule has 0 unspecified atom stereocenters. The van der Waals surface area contributed by atoms with Crippen LogP contribution >= 0.6 is 0 Å². The van der Waals surface area contributed by atoms with E-state index in [1.807, 2.05) is 19.2 Å². The Bertz CT molecular complexity index is 1600. The maximum absolute atomic E-state index is 14.6. The van der Waals surface area contributed by atoms with Gasteiger partial charge in [-0.1, -0.05) is 6.07 Å². The Labute approximate surface area is 213 Å². The molecule has 12 heteroatoms. The Balaban J connectivity index is 1.70. The van der Waals surface area contributed by atoms with Crippen LogP contribution < -0.4 is 21.5 Å². The number of carbonyl (C=O) groups excluding carboxylic acids is 1. The standard InChI is InChI=1S/C26H22F5N5O2/c1-13(2)36-22-11-23(32-3)33-12-15(22)8-17(24(36)37)14-4-6-18(27)20(9-14)34-25(38)35-21-10-16(26(29,30)31)5-7-19(21)28/h4-13H,1-3H3,(H,32,33)(H2,34,35,38). The van der Waals surface area contributed by atoms with Crippen molar-refractivity contribution in [2.75, 3.05) is 23.0 Å². The summed E-state index contributed by atoms with van der Waals surface area (Å²) in [6.07, 6.45) is -3.17. The smallest absolute Gasteiger partial charge is 0.373 e. The van der Waals surface area contributed by atoms with Crippen molar-refractivity contribution < 1.29 is 26.7 Å². The number of hydrogen-bond donors (Lipinski definition) is 3. The second kappa shape index (κ2) is 10.1. The molecule has 4 aromatic rings. The molecule has 0 bridgehead atoms. The van der Waals surface area contributed by atoms with Gasteiger partial charge in [-0.15, -0.1) is 0 Å². The summed E-state index contributed by atoms with van der Waals surface area (Å²) in [7, 11) is 1.70. The molecule has 0 fully saturated rings. The molecule has 2 amide bonds. The average Bonchev–Trinajstić information content (AvgIpc) is 2.85. The first-order valence-corrected chi connectivity index (χ1v) is 11.4. The summed E-state index contributed by atoms with van der Waals surface area (Å²) in [5.74, 6) is -1.42. The molecule has 198 valence electrons. The van der Waals surface area contributed by atoms with Gasteiger partial charge in [0.05, 0.1) is 22.5 Å². The number of halogens is 5. The highest BCUT2D eigenvalue weighted by Crippen LogP contribution is 2.32. The predicted octanol–water partition coefficient (Wildman–Crippen LogP) is 6.63. The number of fused-ring (bicyclic) bond motifs is 1. The number of nitrogens with zero attached hydrogens (tertiary/aromatic N) is 2. The molecule has 0 saturated carbocycles. The van der Waals surface area contributed by atoms with E-state index < -0.39 is 35.1 Å². The number of hydrogen-bond acceptors (Lipinski definition) is 4. The van der Waals surface area contributed by atoms with Crippen LogP contribution in [-0.2, 0) is 6.18 Å². The van der Waals surface area contributed by atoms with E-state index in [1.165, 1.54) is 12.1 Å². The van der Waals surface area contributed by atoms with Crippen LogP contribution in [0.15, 0.2) is 59.5 Å². The van der Waals surface area contributed by atoms with E-state index in [0.29, 0.717) is 34.9 Å². The Hall–Kier alpha value is -4.48. The third-order valence-corrected chi connectivity index (χ3v) is 5.76. The zero-order valence-electron chi connectivity index (χ0n) is 20.4. The molecule has 4 rings (SSSR count). The van der Waals surface area contributed by atoms with Gasteiger partial charge >= 0.3 is 12.2 Å². The summed E-state index contributed by atoms with van der Waals surface area (Å²) >= 11 is 0. The number of aromatic nitrogens is 2. The average molecular weight is 531 g/mol. The van der Waals surface area contributed by atoms with Gasteiger partial charge in [-0.3, -0.25) is 4.79 Å².